The number of hydrogen-bond donors (Lipinski definition) is 4. The van der Waals surface area contributed by atoms with Gasteiger partial charge in [-0.1, -0.05) is 13.8 Å². The molecule has 27 heavy (non-hydrogen) atoms. The normalized spacial score (nSPS) is 28.2. The molecule has 10 nitrogen and oxygen atoms in total. The number of anilines is 1. The quantitative estimate of drug-likeness (QED) is 0.439. The highest BCUT2D eigenvalue weighted by Gasteiger charge is 2.56. The van der Waals surface area contributed by atoms with Gasteiger partial charge in [0, 0.05) is 6.20 Å². The standard InChI is InChI=1S/C15H24N4O6.2ClH/c1-7(2)10(17)12(21)25-11-8(6-20)24-13(15(11,3)23)19-5-4-9(16)18-14(19)22;;/h4-5,7-8,10-11,13,20,23H,6,17H2,1-3H3,(H2,16,18,22);2*1H. The number of nitrogens with two attached hydrogens (primary N) is 2. The second-order valence-electron chi connectivity index (χ2n) is 6.60. The lowest BCUT2D eigenvalue weighted by molar-refractivity contribution is -0.166. The predicted molar refractivity (Wildman–Crippen MR) is 102 cm³/mol. The Labute approximate surface area is 168 Å². The Kier molecular flexibility index (Phi) is 9.16. The van der Waals surface area contributed by atoms with E-state index in [0.717, 1.165) is 4.57 Å². The minimum absolute atomic E-state index is 0. The van der Waals surface area contributed by atoms with Gasteiger partial charge in [-0.15, -0.1) is 24.8 Å². The average Bonchev–Trinajstić information content (AvgIpc) is 2.77. The first-order valence-corrected chi connectivity index (χ1v) is 7.89. The summed E-state index contributed by atoms with van der Waals surface area (Å²) >= 11 is 0. The van der Waals surface area contributed by atoms with Gasteiger partial charge in [0.15, 0.2) is 12.3 Å². The van der Waals surface area contributed by atoms with Gasteiger partial charge in [0.1, 0.15) is 23.6 Å². The summed E-state index contributed by atoms with van der Waals surface area (Å²) in [4.78, 5) is 27.8. The number of halogens is 2. The summed E-state index contributed by atoms with van der Waals surface area (Å²) in [7, 11) is 0. The summed E-state index contributed by atoms with van der Waals surface area (Å²) in [5.74, 6) is -0.888. The van der Waals surface area contributed by atoms with Crippen LogP contribution in [0.15, 0.2) is 17.1 Å². The Balaban J connectivity index is 0.00000338. The average molecular weight is 429 g/mol. The van der Waals surface area contributed by atoms with E-state index in [4.69, 9.17) is 20.9 Å². The number of esters is 1. The zero-order valence-electron chi connectivity index (χ0n) is 15.1. The smallest absolute Gasteiger partial charge is 0.351 e. The maximum Gasteiger partial charge on any atom is 0.351 e. The Morgan fingerprint density at radius 3 is 2.56 bits per heavy atom. The van der Waals surface area contributed by atoms with Crippen LogP contribution in [0.5, 0.6) is 0 Å². The van der Waals surface area contributed by atoms with Crippen LogP contribution in [0.3, 0.4) is 0 Å². The van der Waals surface area contributed by atoms with Crippen LogP contribution in [0.4, 0.5) is 5.82 Å². The molecule has 1 saturated heterocycles. The minimum Gasteiger partial charge on any atom is -0.455 e. The van der Waals surface area contributed by atoms with Crippen molar-refractivity contribution in [2.75, 3.05) is 12.3 Å². The Hall–Kier alpha value is -1.43. The first-order valence-electron chi connectivity index (χ1n) is 7.89. The van der Waals surface area contributed by atoms with Gasteiger partial charge in [0.2, 0.25) is 0 Å². The second-order valence-corrected chi connectivity index (χ2v) is 6.60. The van der Waals surface area contributed by atoms with Crippen LogP contribution in [0.25, 0.3) is 0 Å². The molecular weight excluding hydrogens is 403 g/mol. The molecule has 6 N–H and O–H groups in total. The maximum absolute atomic E-state index is 12.2. The molecule has 0 spiro atoms. The first kappa shape index (κ1) is 25.6. The zero-order chi connectivity index (χ0) is 18.9. The van der Waals surface area contributed by atoms with Crippen molar-refractivity contribution in [2.45, 2.75) is 50.8 Å². The van der Waals surface area contributed by atoms with Crippen LogP contribution < -0.4 is 17.2 Å². The molecule has 5 atom stereocenters. The Morgan fingerprint density at radius 2 is 2.07 bits per heavy atom. The molecule has 0 saturated carbocycles. The lowest BCUT2D eigenvalue weighted by Crippen LogP contribution is -2.51. The van der Waals surface area contributed by atoms with Crippen LogP contribution in [0, 0.1) is 5.92 Å². The molecule has 156 valence electrons. The number of carbonyl (C=O) groups is 1. The van der Waals surface area contributed by atoms with Crippen LogP contribution in [-0.4, -0.2) is 56.2 Å². The molecule has 2 rings (SSSR count). The predicted octanol–water partition coefficient (Wildman–Crippen LogP) is -0.795. The second kappa shape index (κ2) is 9.67. The van der Waals surface area contributed by atoms with E-state index in [1.165, 1.54) is 19.2 Å². The van der Waals surface area contributed by atoms with E-state index in [0.29, 0.717) is 0 Å². The molecule has 1 aliphatic rings. The molecule has 2 heterocycles. The highest BCUT2D eigenvalue weighted by molar-refractivity contribution is 5.85. The van der Waals surface area contributed by atoms with Crippen molar-refractivity contribution in [3.8, 4) is 0 Å². The fraction of sp³-hybridized carbons (Fsp3) is 0.667. The third-order valence-corrected chi connectivity index (χ3v) is 4.23. The SMILES string of the molecule is CC(C)C(N)C(=O)OC1C(CO)OC(n2ccc(N)nc2=O)C1(C)O.Cl.Cl. The molecule has 1 aliphatic heterocycles. The summed E-state index contributed by atoms with van der Waals surface area (Å²) in [6.45, 7) is 4.32. The van der Waals surface area contributed by atoms with E-state index >= 15 is 0 Å². The third-order valence-electron chi connectivity index (χ3n) is 4.23. The molecule has 1 aromatic rings. The Morgan fingerprint density at radius 1 is 1.48 bits per heavy atom. The van der Waals surface area contributed by atoms with Gasteiger partial charge < -0.3 is 31.2 Å². The lowest BCUT2D eigenvalue weighted by atomic mass is 9.95. The summed E-state index contributed by atoms with van der Waals surface area (Å²) in [5, 5.41) is 20.4. The van der Waals surface area contributed by atoms with Crippen LogP contribution >= 0.6 is 24.8 Å². The summed E-state index contributed by atoms with van der Waals surface area (Å²) in [6.07, 6.45) is -2.17. The zero-order valence-corrected chi connectivity index (χ0v) is 16.8. The number of nitrogen functional groups attached to an aromatic ring is 1. The van der Waals surface area contributed by atoms with E-state index in [1.807, 2.05) is 0 Å². The maximum atomic E-state index is 12.2. The van der Waals surface area contributed by atoms with E-state index < -0.39 is 48.3 Å². The van der Waals surface area contributed by atoms with Crippen molar-refractivity contribution in [3.05, 3.63) is 22.7 Å². The molecule has 5 unspecified atom stereocenters. The van der Waals surface area contributed by atoms with Crippen LogP contribution in [-0.2, 0) is 14.3 Å². The summed E-state index contributed by atoms with van der Waals surface area (Å²) in [6, 6.07) is 0.470. The molecule has 0 aromatic carbocycles. The Bertz CT molecular complexity index is 699. The van der Waals surface area contributed by atoms with E-state index in [9.17, 15) is 19.8 Å². The molecule has 1 aromatic heterocycles. The van der Waals surface area contributed by atoms with Crippen molar-refractivity contribution >= 4 is 36.6 Å². The fourth-order valence-electron chi connectivity index (χ4n) is 2.65. The number of aromatic nitrogens is 2. The van der Waals surface area contributed by atoms with Gasteiger partial charge >= 0.3 is 11.7 Å². The number of carbonyl (C=O) groups excluding carboxylic acids is 1. The van der Waals surface area contributed by atoms with Crippen LogP contribution in [0.2, 0.25) is 0 Å². The highest BCUT2D eigenvalue weighted by atomic mass is 35.5. The lowest BCUT2D eigenvalue weighted by Gasteiger charge is -2.30. The minimum atomic E-state index is -1.80. The van der Waals surface area contributed by atoms with Gasteiger partial charge in [0.05, 0.1) is 6.61 Å². The topological polar surface area (TPSA) is 163 Å². The molecular formula is C15H26Cl2N4O6. The summed E-state index contributed by atoms with van der Waals surface area (Å²) in [5.41, 5.74) is 8.67. The molecule has 1 fully saturated rings. The van der Waals surface area contributed by atoms with Crippen molar-refractivity contribution < 1.29 is 24.5 Å². The highest BCUT2D eigenvalue weighted by Crippen LogP contribution is 2.39. The number of hydrogen-bond acceptors (Lipinski definition) is 9. The van der Waals surface area contributed by atoms with Crippen molar-refractivity contribution in [2.24, 2.45) is 11.7 Å². The third kappa shape index (κ3) is 5.09. The van der Waals surface area contributed by atoms with Gasteiger partial charge in [0.25, 0.3) is 0 Å². The van der Waals surface area contributed by atoms with Gasteiger partial charge in [-0.05, 0) is 18.9 Å². The van der Waals surface area contributed by atoms with Crippen molar-refractivity contribution in [1.29, 1.82) is 0 Å². The van der Waals surface area contributed by atoms with Gasteiger partial charge in [-0.25, -0.2) is 4.79 Å². The monoisotopic (exact) mass is 428 g/mol. The largest absolute Gasteiger partial charge is 0.455 e. The number of aliphatic hydroxyl groups is 2. The number of ether oxygens (including phenoxy) is 2. The number of nitrogens with zero attached hydrogens (tertiary/aromatic N) is 2. The molecule has 12 heteroatoms. The van der Waals surface area contributed by atoms with E-state index in [1.54, 1.807) is 13.8 Å². The number of aliphatic hydroxyl groups excluding tert-OH is 1. The number of rotatable bonds is 5. The summed E-state index contributed by atoms with van der Waals surface area (Å²) < 4.78 is 11.9. The molecule has 0 amide bonds. The van der Waals surface area contributed by atoms with Gasteiger partial charge in [-0.2, -0.15) is 4.98 Å². The fourth-order valence-corrected chi connectivity index (χ4v) is 2.65. The molecule has 0 radical (unpaired) electrons. The van der Waals surface area contributed by atoms with Crippen LogP contribution in [0.1, 0.15) is 27.0 Å². The van der Waals surface area contributed by atoms with E-state index in [-0.39, 0.29) is 36.5 Å². The first-order chi connectivity index (χ1) is 11.6. The molecule has 0 aliphatic carbocycles. The van der Waals surface area contributed by atoms with Crippen molar-refractivity contribution in [1.82, 2.24) is 9.55 Å². The van der Waals surface area contributed by atoms with Gasteiger partial charge in [-0.3, -0.25) is 9.36 Å². The van der Waals surface area contributed by atoms with E-state index in [2.05, 4.69) is 4.98 Å². The molecule has 0 bridgehead atoms. The van der Waals surface area contributed by atoms with Crippen molar-refractivity contribution in [3.63, 3.8) is 0 Å².